The van der Waals surface area contributed by atoms with Crippen molar-refractivity contribution in [3.05, 3.63) is 69.2 Å². The van der Waals surface area contributed by atoms with Crippen LogP contribution in [-0.4, -0.2) is 45.2 Å². The van der Waals surface area contributed by atoms with Crippen molar-refractivity contribution in [2.75, 3.05) is 6.61 Å². The number of halogens is 4. The van der Waals surface area contributed by atoms with Gasteiger partial charge in [-0.25, -0.2) is 0 Å². The van der Waals surface area contributed by atoms with E-state index >= 15 is 0 Å². The second-order valence-electron chi connectivity index (χ2n) is 6.29. The number of nitro groups is 1. The number of nitro benzene ring substituents is 1. The number of hydrogen-bond donors (Lipinski definition) is 1. The first-order chi connectivity index (χ1) is 14.0. The molecule has 1 N–H and O–H groups in total. The first-order valence-corrected chi connectivity index (χ1v) is 8.72. The van der Waals surface area contributed by atoms with Gasteiger partial charge < -0.3 is 9.84 Å². The van der Waals surface area contributed by atoms with Crippen LogP contribution in [0.1, 0.15) is 12.0 Å². The van der Waals surface area contributed by atoms with Crippen LogP contribution in [-0.2, 0) is 4.79 Å². The Hall–Kier alpha value is -3.18. The number of benzene rings is 2. The molecule has 12 heteroatoms. The van der Waals surface area contributed by atoms with Crippen molar-refractivity contribution in [1.82, 2.24) is 5.01 Å². The molecular formula is C18H13ClF3N3O5. The molecule has 1 amide bonds. The summed E-state index contributed by atoms with van der Waals surface area (Å²) in [5, 5.41) is 24.9. The zero-order chi connectivity index (χ0) is 22.1. The maximum Gasteiger partial charge on any atom is 0.438 e. The van der Waals surface area contributed by atoms with Gasteiger partial charge in [-0.3, -0.25) is 14.9 Å². The molecule has 0 saturated heterocycles. The van der Waals surface area contributed by atoms with Crippen molar-refractivity contribution in [3.8, 4) is 5.75 Å². The summed E-state index contributed by atoms with van der Waals surface area (Å²) in [5.74, 6) is -1.23. The molecule has 0 aliphatic carbocycles. The van der Waals surface area contributed by atoms with Gasteiger partial charge in [-0.2, -0.15) is 23.3 Å². The molecule has 1 atom stereocenters. The summed E-state index contributed by atoms with van der Waals surface area (Å²) >= 11 is 5.76. The molecule has 1 heterocycles. The predicted octanol–water partition coefficient (Wildman–Crippen LogP) is 3.51. The van der Waals surface area contributed by atoms with Crippen LogP contribution in [0.15, 0.2) is 53.6 Å². The van der Waals surface area contributed by atoms with E-state index in [9.17, 15) is 33.2 Å². The summed E-state index contributed by atoms with van der Waals surface area (Å²) in [6.07, 6.45) is -6.16. The quantitative estimate of drug-likeness (QED) is 0.562. The molecule has 0 spiro atoms. The minimum Gasteiger partial charge on any atom is -0.484 e. The summed E-state index contributed by atoms with van der Waals surface area (Å²) in [6.45, 7) is -0.881. The van der Waals surface area contributed by atoms with Crippen molar-refractivity contribution >= 4 is 28.9 Å². The zero-order valence-electron chi connectivity index (χ0n) is 15.0. The Bertz CT molecular complexity index is 996. The molecule has 1 aliphatic heterocycles. The highest BCUT2D eigenvalue weighted by Crippen LogP contribution is 2.41. The molecule has 158 valence electrons. The van der Waals surface area contributed by atoms with Crippen molar-refractivity contribution < 1.29 is 32.7 Å². The number of hydrazone groups is 1. The van der Waals surface area contributed by atoms with Crippen LogP contribution < -0.4 is 4.74 Å². The monoisotopic (exact) mass is 443 g/mol. The molecule has 0 bridgehead atoms. The lowest BCUT2D eigenvalue weighted by molar-refractivity contribution is -0.384. The highest BCUT2D eigenvalue weighted by Gasteiger charge is 2.63. The summed E-state index contributed by atoms with van der Waals surface area (Å²) in [5.41, 5.74) is -3.67. The van der Waals surface area contributed by atoms with Crippen LogP contribution in [0.5, 0.6) is 5.75 Å². The number of amides is 1. The van der Waals surface area contributed by atoms with E-state index in [1.54, 1.807) is 0 Å². The third-order valence-corrected chi connectivity index (χ3v) is 4.51. The Morgan fingerprint density at radius 1 is 1.23 bits per heavy atom. The van der Waals surface area contributed by atoms with E-state index in [1.165, 1.54) is 36.4 Å². The van der Waals surface area contributed by atoms with Gasteiger partial charge >= 0.3 is 6.18 Å². The van der Waals surface area contributed by atoms with Gasteiger partial charge in [-0.05, 0) is 29.8 Å². The number of nitrogens with zero attached hydrogens (tertiary/aromatic N) is 3. The fourth-order valence-corrected chi connectivity index (χ4v) is 2.83. The molecule has 2 aromatic rings. The predicted molar refractivity (Wildman–Crippen MR) is 99.0 cm³/mol. The van der Waals surface area contributed by atoms with Crippen molar-refractivity contribution in [2.45, 2.75) is 18.3 Å². The maximum absolute atomic E-state index is 13.5. The standard InChI is InChI=1S/C18H13ClF3N3O5/c19-12-3-1-11(2-4-12)15-9-17(27,18(20,21)22)24(23-15)16(26)10-30-14-7-5-13(6-8-14)25(28)29/h1-8,27H,9-10H2/t17-/m1/s1. The smallest absolute Gasteiger partial charge is 0.438 e. The van der Waals surface area contributed by atoms with Gasteiger partial charge in [0.05, 0.1) is 17.1 Å². The average Bonchev–Trinajstić information content (AvgIpc) is 3.06. The summed E-state index contributed by atoms with van der Waals surface area (Å²) < 4.78 is 45.7. The molecule has 0 radical (unpaired) electrons. The second kappa shape index (κ2) is 7.92. The highest BCUT2D eigenvalue weighted by molar-refractivity contribution is 6.30. The van der Waals surface area contributed by atoms with Gasteiger partial charge in [-0.15, -0.1) is 0 Å². The third-order valence-electron chi connectivity index (χ3n) is 4.26. The van der Waals surface area contributed by atoms with E-state index in [0.29, 0.717) is 5.02 Å². The molecular weight excluding hydrogens is 431 g/mol. The van der Waals surface area contributed by atoms with Crippen LogP contribution in [0.4, 0.5) is 18.9 Å². The van der Waals surface area contributed by atoms with Crippen LogP contribution in [0.3, 0.4) is 0 Å². The molecule has 2 aromatic carbocycles. The molecule has 8 nitrogen and oxygen atoms in total. The van der Waals surface area contributed by atoms with Crippen LogP contribution >= 0.6 is 11.6 Å². The van der Waals surface area contributed by atoms with Gasteiger partial charge in [0.25, 0.3) is 17.3 Å². The lowest BCUT2D eigenvalue weighted by atomic mass is 10.0. The minimum atomic E-state index is -5.19. The molecule has 0 fully saturated rings. The number of carbonyl (C=O) groups excluding carboxylic acids is 1. The lowest BCUT2D eigenvalue weighted by Crippen LogP contribution is -2.57. The fourth-order valence-electron chi connectivity index (χ4n) is 2.70. The second-order valence-corrected chi connectivity index (χ2v) is 6.73. The van der Waals surface area contributed by atoms with Crippen molar-refractivity contribution in [2.24, 2.45) is 5.10 Å². The maximum atomic E-state index is 13.5. The Kier molecular flexibility index (Phi) is 5.68. The number of carbonyl (C=O) groups is 1. The number of rotatable bonds is 5. The van der Waals surface area contributed by atoms with E-state index in [4.69, 9.17) is 16.3 Å². The molecule has 0 aromatic heterocycles. The number of hydrogen-bond acceptors (Lipinski definition) is 6. The summed E-state index contributed by atoms with van der Waals surface area (Å²) in [6, 6.07) is 10.3. The molecule has 0 unspecified atom stereocenters. The Labute approximate surface area is 172 Å². The number of non-ortho nitro benzene ring substituents is 1. The van der Waals surface area contributed by atoms with Gasteiger partial charge in [0.1, 0.15) is 5.75 Å². The van der Waals surface area contributed by atoms with E-state index < -0.39 is 35.8 Å². The average molecular weight is 444 g/mol. The first-order valence-electron chi connectivity index (χ1n) is 8.34. The van der Waals surface area contributed by atoms with Crippen molar-refractivity contribution in [1.29, 1.82) is 0 Å². The third kappa shape index (κ3) is 4.21. The van der Waals surface area contributed by atoms with Crippen LogP contribution in [0, 0.1) is 10.1 Å². The van der Waals surface area contributed by atoms with E-state index in [2.05, 4.69) is 5.10 Å². The summed E-state index contributed by atoms with van der Waals surface area (Å²) in [4.78, 5) is 22.4. The minimum absolute atomic E-state index is 0.0191. The molecule has 1 aliphatic rings. The van der Waals surface area contributed by atoms with Gasteiger partial charge in [-0.1, -0.05) is 23.7 Å². The number of alkyl halides is 3. The Morgan fingerprint density at radius 3 is 2.37 bits per heavy atom. The molecule has 0 saturated carbocycles. The van der Waals surface area contributed by atoms with Gasteiger partial charge in [0, 0.05) is 17.2 Å². The Balaban J connectivity index is 1.81. The lowest BCUT2D eigenvalue weighted by Gasteiger charge is -2.32. The zero-order valence-corrected chi connectivity index (χ0v) is 15.7. The molecule has 3 rings (SSSR count). The van der Waals surface area contributed by atoms with Crippen molar-refractivity contribution in [3.63, 3.8) is 0 Å². The SMILES string of the molecule is O=C(COc1ccc([N+](=O)[O-])cc1)N1N=C(c2ccc(Cl)cc2)C[C@@]1(O)C(F)(F)F. The largest absolute Gasteiger partial charge is 0.484 e. The number of ether oxygens (including phenoxy) is 1. The number of aliphatic hydroxyl groups is 1. The normalized spacial score (nSPS) is 18.8. The van der Waals surface area contributed by atoms with Crippen LogP contribution in [0.2, 0.25) is 5.02 Å². The van der Waals surface area contributed by atoms with Gasteiger partial charge in [0.15, 0.2) is 6.61 Å². The topological polar surface area (TPSA) is 105 Å². The van der Waals surface area contributed by atoms with E-state index in [-0.39, 0.29) is 27.7 Å². The van der Waals surface area contributed by atoms with E-state index in [0.717, 1.165) is 12.1 Å². The summed E-state index contributed by atoms with van der Waals surface area (Å²) in [7, 11) is 0. The Morgan fingerprint density at radius 2 is 1.83 bits per heavy atom. The highest BCUT2D eigenvalue weighted by atomic mass is 35.5. The van der Waals surface area contributed by atoms with E-state index in [1.807, 2.05) is 0 Å². The first kappa shape index (κ1) is 21.5. The molecule has 30 heavy (non-hydrogen) atoms. The van der Waals surface area contributed by atoms with Crippen LogP contribution in [0.25, 0.3) is 0 Å². The van der Waals surface area contributed by atoms with Gasteiger partial charge in [0.2, 0.25) is 0 Å². The fraction of sp³-hybridized carbons (Fsp3) is 0.222.